The highest BCUT2D eigenvalue weighted by atomic mass is 32.2. The molecular formula is C29H32N4O7S. The third-order valence-corrected chi connectivity index (χ3v) is 10.3. The van der Waals surface area contributed by atoms with Gasteiger partial charge in [0.25, 0.3) is 5.91 Å². The van der Waals surface area contributed by atoms with Crippen molar-refractivity contribution < 1.29 is 32.0 Å². The monoisotopic (exact) mass is 580 g/mol. The molecule has 2 atom stereocenters. The number of amides is 2. The molecular weight excluding hydrogens is 548 g/mol. The number of benzene rings is 1. The minimum atomic E-state index is -3.82. The van der Waals surface area contributed by atoms with Gasteiger partial charge in [-0.2, -0.15) is 4.31 Å². The summed E-state index contributed by atoms with van der Waals surface area (Å²) in [6.07, 6.45) is 6.68. The van der Waals surface area contributed by atoms with Gasteiger partial charge in [-0.3, -0.25) is 19.4 Å². The molecule has 1 N–H and O–H groups in total. The van der Waals surface area contributed by atoms with Crippen LogP contribution in [0.15, 0.2) is 53.2 Å². The number of ketones is 1. The number of carbonyl (C=O) groups excluding carboxylic acids is 3. The zero-order valence-corrected chi connectivity index (χ0v) is 23.6. The van der Waals surface area contributed by atoms with E-state index < -0.39 is 33.6 Å². The van der Waals surface area contributed by atoms with Crippen LogP contribution >= 0.6 is 0 Å². The van der Waals surface area contributed by atoms with Gasteiger partial charge in [-0.15, -0.1) is 0 Å². The molecule has 0 spiro atoms. The zero-order valence-electron chi connectivity index (χ0n) is 22.7. The van der Waals surface area contributed by atoms with E-state index in [1.807, 2.05) is 0 Å². The number of pyridine rings is 1. The molecule has 2 amide bonds. The molecule has 0 radical (unpaired) electrons. The van der Waals surface area contributed by atoms with Crippen molar-refractivity contribution in [1.29, 1.82) is 0 Å². The van der Waals surface area contributed by atoms with E-state index in [2.05, 4.69) is 10.3 Å². The fraction of sp³-hybridized carbons (Fsp3) is 0.448. The summed E-state index contributed by atoms with van der Waals surface area (Å²) in [5.41, 5.74) is -0.155. The number of carbonyl (C=O) groups is 3. The molecule has 2 aromatic heterocycles. The van der Waals surface area contributed by atoms with Crippen LogP contribution < -0.4 is 10.1 Å². The average molecular weight is 581 g/mol. The summed E-state index contributed by atoms with van der Waals surface area (Å²) < 4.78 is 38.9. The van der Waals surface area contributed by atoms with E-state index >= 15 is 0 Å². The zero-order chi connectivity index (χ0) is 28.8. The number of nitrogens with zero attached hydrogens (tertiary/aromatic N) is 3. The van der Waals surface area contributed by atoms with E-state index in [1.54, 1.807) is 49.7 Å². The van der Waals surface area contributed by atoms with Gasteiger partial charge in [0, 0.05) is 24.3 Å². The van der Waals surface area contributed by atoms with Crippen molar-refractivity contribution in [2.24, 2.45) is 0 Å². The van der Waals surface area contributed by atoms with Gasteiger partial charge in [0.2, 0.25) is 15.9 Å². The summed E-state index contributed by atoms with van der Waals surface area (Å²) in [6, 6.07) is 8.68. The largest absolute Gasteiger partial charge is 0.497 e. The number of ether oxygens (including phenoxy) is 1. The second kappa shape index (κ2) is 10.6. The lowest BCUT2D eigenvalue weighted by Crippen LogP contribution is -2.62. The molecule has 1 saturated carbocycles. The highest BCUT2D eigenvalue weighted by Crippen LogP contribution is 2.38. The SMILES string of the molecule is COc1ccc2oc(C(=O)NC3(C(=O)N4CCC5C4C(=O)CN5S(=O)(=O)Cc4cccnc4)CCCCC3)cc2c1. The van der Waals surface area contributed by atoms with Crippen molar-refractivity contribution in [3.05, 3.63) is 60.1 Å². The van der Waals surface area contributed by atoms with Gasteiger partial charge in [-0.1, -0.05) is 25.3 Å². The lowest BCUT2D eigenvalue weighted by molar-refractivity contribution is -0.143. The number of Topliss-reactive ketones (excluding diaryl/α,β-unsaturated/α-hetero) is 1. The van der Waals surface area contributed by atoms with E-state index in [4.69, 9.17) is 9.15 Å². The van der Waals surface area contributed by atoms with E-state index in [0.29, 0.717) is 41.5 Å². The second-order valence-corrected chi connectivity index (χ2v) is 13.0. The summed E-state index contributed by atoms with van der Waals surface area (Å²) in [5, 5.41) is 3.68. The van der Waals surface area contributed by atoms with Gasteiger partial charge >= 0.3 is 0 Å². The molecule has 2 unspecified atom stereocenters. The van der Waals surface area contributed by atoms with Gasteiger partial charge in [0.15, 0.2) is 11.5 Å². The fourth-order valence-electron chi connectivity index (χ4n) is 6.50. The van der Waals surface area contributed by atoms with Gasteiger partial charge in [0.1, 0.15) is 22.9 Å². The normalized spacial score (nSPS) is 22.6. The van der Waals surface area contributed by atoms with Crippen molar-refractivity contribution in [2.45, 2.75) is 61.9 Å². The Balaban J connectivity index is 1.23. The lowest BCUT2D eigenvalue weighted by Gasteiger charge is -2.40. The standard InChI is InChI=1S/C29H32N4O7S/c1-39-21-7-8-24-20(14-21)15-25(40-24)27(35)31-29(10-3-2-4-11-29)28(36)32-13-9-22-26(32)23(34)17-33(22)41(37,38)18-19-6-5-12-30-16-19/h5-8,12,14-16,22,26H,2-4,9-11,13,17-18H2,1H3,(H,31,35). The van der Waals surface area contributed by atoms with Crippen LogP contribution in [0.2, 0.25) is 0 Å². The maximum atomic E-state index is 14.2. The van der Waals surface area contributed by atoms with Gasteiger partial charge in [0.05, 0.1) is 25.4 Å². The molecule has 3 aliphatic rings. The van der Waals surface area contributed by atoms with E-state index in [-0.39, 0.29) is 36.3 Å². The van der Waals surface area contributed by atoms with Crippen molar-refractivity contribution in [1.82, 2.24) is 19.5 Å². The molecule has 4 heterocycles. The number of sulfonamides is 1. The summed E-state index contributed by atoms with van der Waals surface area (Å²) in [7, 11) is -2.26. The highest BCUT2D eigenvalue weighted by molar-refractivity contribution is 7.88. The molecule has 2 aliphatic heterocycles. The Bertz CT molecular complexity index is 1600. The van der Waals surface area contributed by atoms with Gasteiger partial charge in [-0.25, -0.2) is 8.42 Å². The molecule has 3 fully saturated rings. The predicted octanol–water partition coefficient (Wildman–Crippen LogP) is 2.65. The first kappa shape index (κ1) is 27.4. The van der Waals surface area contributed by atoms with E-state index in [1.165, 1.54) is 15.4 Å². The van der Waals surface area contributed by atoms with Crippen molar-refractivity contribution in [3.63, 3.8) is 0 Å². The second-order valence-electron chi connectivity index (χ2n) is 11.0. The molecule has 216 valence electrons. The molecule has 1 aliphatic carbocycles. The molecule has 0 bridgehead atoms. The number of nitrogens with one attached hydrogen (secondary N) is 1. The smallest absolute Gasteiger partial charge is 0.287 e. The minimum Gasteiger partial charge on any atom is -0.497 e. The predicted molar refractivity (Wildman–Crippen MR) is 149 cm³/mol. The van der Waals surface area contributed by atoms with Crippen LogP contribution in [0.4, 0.5) is 0 Å². The van der Waals surface area contributed by atoms with Crippen LogP contribution in [0, 0.1) is 0 Å². The number of furan rings is 1. The third kappa shape index (κ3) is 4.99. The number of rotatable bonds is 7. The quantitative estimate of drug-likeness (QED) is 0.450. The molecule has 11 nitrogen and oxygen atoms in total. The first-order valence-electron chi connectivity index (χ1n) is 13.8. The Kier molecular flexibility index (Phi) is 7.06. The molecule has 2 saturated heterocycles. The van der Waals surface area contributed by atoms with Crippen LogP contribution in [0.1, 0.15) is 54.6 Å². The van der Waals surface area contributed by atoms with Crippen molar-refractivity contribution in [3.8, 4) is 5.75 Å². The molecule has 1 aromatic carbocycles. The van der Waals surface area contributed by atoms with Crippen molar-refractivity contribution in [2.75, 3.05) is 20.2 Å². The Morgan fingerprint density at radius 2 is 1.98 bits per heavy atom. The van der Waals surface area contributed by atoms with Gasteiger partial charge < -0.3 is 19.4 Å². The van der Waals surface area contributed by atoms with Crippen LogP contribution in [-0.2, 0) is 25.4 Å². The van der Waals surface area contributed by atoms with Gasteiger partial charge in [-0.05, 0) is 55.2 Å². The summed E-state index contributed by atoms with van der Waals surface area (Å²) in [4.78, 5) is 46.4. The molecule has 12 heteroatoms. The summed E-state index contributed by atoms with van der Waals surface area (Å²) in [5.74, 6) is -0.714. The Morgan fingerprint density at radius 3 is 2.71 bits per heavy atom. The summed E-state index contributed by atoms with van der Waals surface area (Å²) in [6.45, 7) is -0.0373. The van der Waals surface area contributed by atoms with E-state index in [9.17, 15) is 22.8 Å². The third-order valence-electron chi connectivity index (χ3n) is 8.48. The number of fused-ring (bicyclic) bond motifs is 2. The number of hydrogen-bond donors (Lipinski definition) is 1. The first-order valence-corrected chi connectivity index (χ1v) is 15.4. The highest BCUT2D eigenvalue weighted by Gasteiger charge is 2.56. The Labute approximate surface area is 237 Å². The van der Waals surface area contributed by atoms with E-state index in [0.717, 1.165) is 19.3 Å². The van der Waals surface area contributed by atoms with Crippen molar-refractivity contribution >= 4 is 38.6 Å². The number of hydrogen-bond acceptors (Lipinski definition) is 8. The molecule has 6 rings (SSSR count). The number of aromatic nitrogens is 1. The topological polar surface area (TPSA) is 139 Å². The molecule has 3 aromatic rings. The lowest BCUT2D eigenvalue weighted by atomic mass is 9.80. The summed E-state index contributed by atoms with van der Waals surface area (Å²) >= 11 is 0. The number of likely N-dealkylation sites (tertiary alicyclic amines) is 1. The minimum absolute atomic E-state index is 0.0786. The fourth-order valence-corrected chi connectivity index (χ4v) is 8.22. The van der Waals surface area contributed by atoms with Crippen LogP contribution in [-0.4, -0.2) is 78.0 Å². The van der Waals surface area contributed by atoms with Crippen LogP contribution in [0.25, 0.3) is 11.0 Å². The van der Waals surface area contributed by atoms with Crippen LogP contribution in [0.3, 0.4) is 0 Å². The Hall–Kier alpha value is -3.77. The van der Waals surface area contributed by atoms with Crippen LogP contribution in [0.5, 0.6) is 5.75 Å². The maximum absolute atomic E-state index is 14.2. The average Bonchev–Trinajstić information content (AvgIpc) is 3.68. The first-order chi connectivity index (χ1) is 19.7. The maximum Gasteiger partial charge on any atom is 0.287 e. The molecule has 41 heavy (non-hydrogen) atoms. The number of methoxy groups -OCH3 is 1. The Morgan fingerprint density at radius 1 is 1.17 bits per heavy atom.